The minimum atomic E-state index is 0. The third-order valence-electron chi connectivity index (χ3n) is 0. The third kappa shape index (κ3) is 23.2. The summed E-state index contributed by atoms with van der Waals surface area (Å²) >= 11 is 0. The van der Waals surface area contributed by atoms with E-state index >= 15 is 0 Å². The molecule has 0 aromatic heterocycles. The summed E-state index contributed by atoms with van der Waals surface area (Å²) in [6, 6.07) is 0. The van der Waals surface area contributed by atoms with Gasteiger partial charge in [-0.2, -0.15) is 0 Å². The van der Waals surface area contributed by atoms with E-state index in [1.165, 1.54) is 0 Å². The molecule has 0 spiro atoms. The zero-order valence-electron chi connectivity index (χ0n) is 3.31. The van der Waals surface area contributed by atoms with Gasteiger partial charge in [0.05, 0.1) is 0 Å². The zero-order valence-corrected chi connectivity index (χ0v) is 16.7. The van der Waals surface area contributed by atoms with Gasteiger partial charge < -0.3 is 0 Å². The van der Waals surface area contributed by atoms with Gasteiger partial charge >= 0.3 is 0 Å². The monoisotopic (exact) mass is 407 g/mol. The fourth-order valence-corrected chi connectivity index (χ4v) is 0. The van der Waals surface area contributed by atoms with E-state index in [4.69, 9.17) is 0 Å². The van der Waals surface area contributed by atoms with Crippen LogP contribution >= 0.6 is 9.90 Å². The van der Waals surface area contributed by atoms with E-state index in [1.54, 1.807) is 0 Å². The maximum Gasteiger partial charge on any atom is 0 e. The Morgan fingerprint density at radius 1 is 0.500 bits per heavy atom. The van der Waals surface area contributed by atoms with Crippen LogP contribution in [0.2, 0.25) is 0 Å². The van der Waals surface area contributed by atoms with Crippen molar-refractivity contribution in [3.63, 3.8) is 0 Å². The van der Waals surface area contributed by atoms with Gasteiger partial charge in [-0.05, 0) is 9.90 Å². The first kappa shape index (κ1) is 44.8. The van der Waals surface area contributed by atoms with E-state index in [0.717, 1.165) is 0 Å². The average molecular weight is 407 g/mol. The molecule has 0 fully saturated rings. The van der Waals surface area contributed by atoms with Crippen molar-refractivity contribution >= 4 is 9.90 Å². The Labute approximate surface area is 144 Å². The molecular formula is CH8PY4+. The molecule has 0 aliphatic rings. The topological polar surface area (TPSA) is 0 Å². The molecule has 0 aliphatic carbocycles. The molecule has 0 aromatic rings. The molecule has 4 radical (unpaired) electrons. The first-order valence-corrected chi connectivity index (χ1v) is 0. The third-order valence-corrected chi connectivity index (χ3v) is 0. The fourth-order valence-electron chi connectivity index (χ4n) is 0. The first-order chi connectivity index (χ1) is 0. The summed E-state index contributed by atoms with van der Waals surface area (Å²) in [6.45, 7) is 0. The second kappa shape index (κ2) is 32.8. The molecule has 1 atom stereocenters. The second-order valence-corrected chi connectivity index (χ2v) is 0. The van der Waals surface area contributed by atoms with Crippen LogP contribution in [0.25, 0.3) is 0 Å². The SMILES string of the molecule is C.[PH4+].[Y].[Y].[Y].[Y]. The van der Waals surface area contributed by atoms with Gasteiger partial charge in [-0.15, -0.1) is 0 Å². The Morgan fingerprint density at radius 2 is 0.500 bits per heavy atom. The first-order valence-electron chi connectivity index (χ1n) is 0. The molecule has 0 bridgehead atoms. The molecule has 0 aliphatic heterocycles. The van der Waals surface area contributed by atoms with Crippen LogP contribution in [0.5, 0.6) is 0 Å². The van der Waals surface area contributed by atoms with Crippen molar-refractivity contribution in [3.05, 3.63) is 0 Å². The molecule has 0 rings (SSSR count). The molecule has 0 saturated carbocycles. The summed E-state index contributed by atoms with van der Waals surface area (Å²) in [6.07, 6.45) is 0. The van der Waals surface area contributed by atoms with Crippen LogP contribution in [0.1, 0.15) is 7.43 Å². The summed E-state index contributed by atoms with van der Waals surface area (Å²) in [7, 11) is 0. The maximum atomic E-state index is 0. The van der Waals surface area contributed by atoms with Crippen LogP contribution in [-0.2, 0) is 131 Å². The van der Waals surface area contributed by atoms with E-state index in [-0.39, 0.29) is 148 Å². The summed E-state index contributed by atoms with van der Waals surface area (Å²) in [5.74, 6) is 0. The second-order valence-electron chi connectivity index (χ2n) is 0. The molecular weight excluding hydrogens is 399 g/mol. The summed E-state index contributed by atoms with van der Waals surface area (Å²) in [5.41, 5.74) is 0. The summed E-state index contributed by atoms with van der Waals surface area (Å²) in [5, 5.41) is 0. The Bertz CT molecular complexity index is 7.51. The van der Waals surface area contributed by atoms with E-state index in [9.17, 15) is 0 Å². The molecule has 0 aromatic carbocycles. The van der Waals surface area contributed by atoms with Crippen molar-refractivity contribution in [2.45, 2.75) is 7.43 Å². The number of hydrogen-bond donors (Lipinski definition) is 0. The average Bonchev–Trinajstić information content (AvgIpc) is 0. The van der Waals surface area contributed by atoms with Gasteiger partial charge in [0.25, 0.3) is 0 Å². The maximum absolute atomic E-state index is 0. The summed E-state index contributed by atoms with van der Waals surface area (Å²) in [4.78, 5) is 0. The van der Waals surface area contributed by atoms with Crippen LogP contribution in [-0.4, -0.2) is 0 Å². The van der Waals surface area contributed by atoms with Crippen LogP contribution in [0.15, 0.2) is 0 Å². The number of rotatable bonds is 0. The molecule has 6 heavy (non-hydrogen) atoms. The molecule has 5 heteroatoms. The van der Waals surface area contributed by atoms with E-state index in [1.807, 2.05) is 0 Å². The normalized spacial score (nSPS) is 0. The van der Waals surface area contributed by atoms with Gasteiger partial charge in [0.15, 0.2) is 0 Å². The smallest absolute Gasteiger partial charge is 0 e. The molecule has 1 unspecified atom stereocenters. The molecule has 28 valence electrons. The van der Waals surface area contributed by atoms with Crippen LogP contribution in [0.4, 0.5) is 0 Å². The van der Waals surface area contributed by atoms with Crippen molar-refractivity contribution in [2.75, 3.05) is 0 Å². The standard InChI is InChI=1S/CH4.H3P.4Y/h1H4;1H3;;;;/p+1. The summed E-state index contributed by atoms with van der Waals surface area (Å²) < 4.78 is 0. The van der Waals surface area contributed by atoms with Crippen LogP contribution in [0, 0.1) is 0 Å². The molecule has 0 nitrogen and oxygen atoms in total. The van der Waals surface area contributed by atoms with Gasteiger partial charge in [-0.1, -0.05) is 7.43 Å². The van der Waals surface area contributed by atoms with E-state index in [2.05, 4.69) is 0 Å². The van der Waals surface area contributed by atoms with Crippen molar-refractivity contribution in [3.8, 4) is 0 Å². The van der Waals surface area contributed by atoms with Gasteiger partial charge in [0.1, 0.15) is 0 Å². The number of hydrogen-bond acceptors (Lipinski definition) is 0. The van der Waals surface area contributed by atoms with Crippen molar-refractivity contribution in [1.29, 1.82) is 0 Å². The van der Waals surface area contributed by atoms with Crippen molar-refractivity contribution in [1.82, 2.24) is 0 Å². The molecule has 0 saturated heterocycles. The van der Waals surface area contributed by atoms with Crippen molar-refractivity contribution in [2.24, 2.45) is 0 Å². The Kier molecular flexibility index (Phi) is 245. The molecule has 0 heterocycles. The minimum Gasteiger partial charge on any atom is -0.0776 e. The zero-order chi connectivity index (χ0) is 0. The van der Waals surface area contributed by atoms with E-state index < -0.39 is 0 Å². The molecule has 0 N–H and O–H groups in total. The van der Waals surface area contributed by atoms with E-state index in [0.29, 0.717) is 0 Å². The van der Waals surface area contributed by atoms with Gasteiger partial charge in [0.2, 0.25) is 0 Å². The largest absolute Gasteiger partial charge is 0.0776 e. The van der Waals surface area contributed by atoms with Crippen LogP contribution in [0.3, 0.4) is 0 Å². The Morgan fingerprint density at radius 3 is 0.500 bits per heavy atom. The minimum absolute atomic E-state index is 0. The predicted molar refractivity (Wildman–Crippen MR) is 19.2 cm³/mol. The van der Waals surface area contributed by atoms with Crippen molar-refractivity contribution < 1.29 is 131 Å². The fraction of sp³-hybridized carbons (Fsp3) is 1.00. The van der Waals surface area contributed by atoms with Gasteiger partial charge in [-0.3, -0.25) is 0 Å². The Balaban J connectivity index is 0. The predicted octanol–water partition coefficient (Wildman–Crippen LogP) is 0.417. The van der Waals surface area contributed by atoms with Gasteiger partial charge in [-0.25, -0.2) is 0 Å². The quantitative estimate of drug-likeness (QED) is 0.512. The Hall–Kier alpha value is 4.85. The van der Waals surface area contributed by atoms with Gasteiger partial charge in [0, 0.05) is 131 Å². The molecule has 0 amide bonds. The van der Waals surface area contributed by atoms with Crippen LogP contribution < -0.4 is 0 Å².